The Kier molecular flexibility index (Phi) is 6.86. The molecular weight excluding hydrogens is 462 g/mol. The predicted octanol–water partition coefficient (Wildman–Crippen LogP) is 2.13. The van der Waals surface area contributed by atoms with Crippen molar-refractivity contribution in [3.63, 3.8) is 0 Å². The van der Waals surface area contributed by atoms with Crippen LogP contribution in [0.5, 0.6) is 0 Å². The number of nitrogens with one attached hydrogen (secondary N) is 2. The molecule has 1 saturated heterocycles. The molecule has 1 amide bonds. The quantitative estimate of drug-likeness (QED) is 0.520. The summed E-state index contributed by atoms with van der Waals surface area (Å²) in [5, 5.41) is 14.3. The second-order valence-corrected chi connectivity index (χ2v) is 10.9. The number of thiophene rings is 1. The maximum atomic E-state index is 13.0. The number of hydrogen-bond acceptors (Lipinski definition) is 9. The largest absolute Gasteiger partial charge is 0.352 e. The van der Waals surface area contributed by atoms with Crippen molar-refractivity contribution in [1.29, 1.82) is 0 Å². The second-order valence-electron chi connectivity index (χ2n) is 7.59. The van der Waals surface area contributed by atoms with E-state index in [9.17, 15) is 13.2 Å². The van der Waals surface area contributed by atoms with Crippen molar-refractivity contribution >= 4 is 44.7 Å². The van der Waals surface area contributed by atoms with Crippen molar-refractivity contribution in [2.24, 2.45) is 0 Å². The zero-order valence-electron chi connectivity index (χ0n) is 18.4. The van der Waals surface area contributed by atoms with E-state index in [0.717, 1.165) is 10.6 Å². The second kappa shape index (κ2) is 9.81. The fraction of sp³-hybridized carbons (Fsp3) is 0.333. The maximum absolute atomic E-state index is 13.0. The Bertz CT molecular complexity index is 1220. The van der Waals surface area contributed by atoms with Crippen LogP contribution in [0, 0.1) is 6.92 Å². The van der Waals surface area contributed by atoms with Crippen LogP contribution in [0.3, 0.4) is 0 Å². The highest BCUT2D eigenvalue weighted by Gasteiger charge is 2.30. The molecular formula is C21H25N7O3S2. The average molecular weight is 488 g/mol. The zero-order chi connectivity index (χ0) is 23.4. The summed E-state index contributed by atoms with van der Waals surface area (Å²) in [5.41, 5.74) is 0.906. The van der Waals surface area contributed by atoms with Gasteiger partial charge in [0, 0.05) is 43.7 Å². The fourth-order valence-electron chi connectivity index (χ4n) is 3.39. The molecule has 0 atom stereocenters. The third-order valence-corrected chi connectivity index (χ3v) is 8.55. The first-order chi connectivity index (χ1) is 15.8. The summed E-state index contributed by atoms with van der Waals surface area (Å²) in [6.07, 6.45) is 0. The van der Waals surface area contributed by atoms with Crippen molar-refractivity contribution in [2.75, 3.05) is 36.4 Å². The molecule has 0 saturated carbocycles. The van der Waals surface area contributed by atoms with E-state index in [0.29, 0.717) is 50.2 Å². The number of pyridine rings is 1. The van der Waals surface area contributed by atoms with Crippen LogP contribution in [0.25, 0.3) is 0 Å². The van der Waals surface area contributed by atoms with Gasteiger partial charge in [0.25, 0.3) is 10.0 Å². The van der Waals surface area contributed by atoms with Crippen LogP contribution >= 0.6 is 11.3 Å². The van der Waals surface area contributed by atoms with Crippen molar-refractivity contribution in [3.8, 4) is 0 Å². The molecule has 3 aromatic heterocycles. The highest BCUT2D eigenvalue weighted by atomic mass is 32.2. The van der Waals surface area contributed by atoms with E-state index >= 15 is 0 Å². The summed E-state index contributed by atoms with van der Waals surface area (Å²) in [5.74, 6) is 1.83. The molecule has 3 aromatic rings. The van der Waals surface area contributed by atoms with Gasteiger partial charge < -0.3 is 15.5 Å². The van der Waals surface area contributed by atoms with Crippen LogP contribution in [0.4, 0.5) is 17.5 Å². The number of amides is 1. The summed E-state index contributed by atoms with van der Waals surface area (Å²) >= 11 is 1.18. The summed E-state index contributed by atoms with van der Waals surface area (Å²) in [4.78, 5) is 18.3. The molecule has 0 unspecified atom stereocenters. The number of rotatable bonds is 7. The highest BCUT2D eigenvalue weighted by Crippen LogP contribution is 2.26. The minimum absolute atomic E-state index is 0.150. The van der Waals surface area contributed by atoms with Crippen molar-refractivity contribution in [1.82, 2.24) is 24.8 Å². The summed E-state index contributed by atoms with van der Waals surface area (Å²) < 4.78 is 27.8. The summed E-state index contributed by atoms with van der Waals surface area (Å²) in [6.45, 7) is 5.43. The third-order valence-electron chi connectivity index (χ3n) is 5.10. The Labute approximate surface area is 196 Å². The number of sulfonamides is 1. The van der Waals surface area contributed by atoms with Gasteiger partial charge in [0.15, 0.2) is 11.6 Å². The predicted molar refractivity (Wildman–Crippen MR) is 127 cm³/mol. The molecule has 4 rings (SSSR count). The number of nitrogens with zero attached hydrogens (tertiary/aromatic N) is 5. The van der Waals surface area contributed by atoms with E-state index in [1.165, 1.54) is 22.6 Å². The van der Waals surface area contributed by atoms with Crippen molar-refractivity contribution < 1.29 is 13.2 Å². The first-order valence-electron chi connectivity index (χ1n) is 10.4. The van der Waals surface area contributed by atoms with E-state index in [1.807, 2.05) is 42.2 Å². The van der Waals surface area contributed by atoms with Gasteiger partial charge in [0.05, 0.1) is 6.54 Å². The Morgan fingerprint density at radius 3 is 2.48 bits per heavy atom. The molecule has 2 N–H and O–H groups in total. The summed E-state index contributed by atoms with van der Waals surface area (Å²) in [7, 11) is -3.57. The average Bonchev–Trinajstić information content (AvgIpc) is 3.28. The van der Waals surface area contributed by atoms with Gasteiger partial charge >= 0.3 is 0 Å². The number of piperazine rings is 1. The minimum atomic E-state index is -3.57. The molecule has 12 heteroatoms. The Morgan fingerprint density at radius 1 is 1.03 bits per heavy atom. The van der Waals surface area contributed by atoms with Gasteiger partial charge in [-0.2, -0.15) is 4.31 Å². The smallest absolute Gasteiger partial charge is 0.252 e. The Hall–Kier alpha value is -3.09. The molecule has 10 nitrogen and oxygen atoms in total. The summed E-state index contributed by atoms with van der Waals surface area (Å²) in [6, 6.07) is 12.7. The van der Waals surface area contributed by atoms with Gasteiger partial charge in [-0.05, 0) is 43.3 Å². The van der Waals surface area contributed by atoms with E-state index < -0.39 is 10.0 Å². The van der Waals surface area contributed by atoms with Crippen molar-refractivity contribution in [3.05, 3.63) is 53.0 Å². The topological polar surface area (TPSA) is 120 Å². The number of aryl methyl sites for hydroxylation is 1. The molecule has 0 aliphatic carbocycles. The molecule has 0 spiro atoms. The molecule has 0 bridgehead atoms. The normalized spacial score (nSPS) is 14.8. The van der Waals surface area contributed by atoms with Gasteiger partial charge in [0.1, 0.15) is 10.0 Å². The first-order valence-corrected chi connectivity index (χ1v) is 12.7. The lowest BCUT2D eigenvalue weighted by atomic mass is 10.3. The van der Waals surface area contributed by atoms with Gasteiger partial charge in [-0.15, -0.1) is 21.5 Å². The van der Waals surface area contributed by atoms with Crippen LogP contribution in [-0.2, 0) is 21.4 Å². The number of hydrogen-bond donors (Lipinski definition) is 2. The fourth-order valence-corrected chi connectivity index (χ4v) is 6.26. The standard InChI is InChI=1S/C21H25N7O3S2/c1-15-4-3-5-18(23-15)24-19-7-8-20(26-25-19)27-10-12-28(13-11-27)33(30,31)21-9-6-17(32-21)14-22-16(2)29/h3-9H,10-14H2,1-2H3,(H,22,29)(H,23,24,25). The molecule has 1 aliphatic rings. The number of aromatic nitrogens is 3. The zero-order valence-corrected chi connectivity index (χ0v) is 20.0. The SMILES string of the molecule is CC(=O)NCc1ccc(S(=O)(=O)N2CCN(c3ccc(Nc4cccc(C)n4)nn3)CC2)s1. The van der Waals surface area contributed by atoms with E-state index in [-0.39, 0.29) is 10.1 Å². The highest BCUT2D eigenvalue weighted by molar-refractivity contribution is 7.91. The van der Waals surface area contributed by atoms with Crippen LogP contribution in [-0.4, -0.2) is 60.0 Å². The lowest BCUT2D eigenvalue weighted by Crippen LogP contribution is -2.48. The van der Waals surface area contributed by atoms with E-state index in [4.69, 9.17) is 0 Å². The van der Waals surface area contributed by atoms with Gasteiger partial charge in [-0.25, -0.2) is 13.4 Å². The van der Waals surface area contributed by atoms with Crippen LogP contribution in [0.15, 0.2) is 46.7 Å². The number of carbonyl (C=O) groups is 1. The first kappa shape index (κ1) is 23.1. The molecule has 1 aliphatic heterocycles. The molecule has 1 fully saturated rings. The third kappa shape index (κ3) is 5.64. The minimum Gasteiger partial charge on any atom is -0.352 e. The van der Waals surface area contributed by atoms with Crippen molar-refractivity contribution in [2.45, 2.75) is 24.6 Å². The van der Waals surface area contributed by atoms with Crippen LogP contribution in [0.1, 0.15) is 17.5 Å². The van der Waals surface area contributed by atoms with Crippen LogP contribution in [0.2, 0.25) is 0 Å². The molecule has 0 aromatic carbocycles. The van der Waals surface area contributed by atoms with Gasteiger partial charge in [0.2, 0.25) is 5.91 Å². The molecule has 4 heterocycles. The Balaban J connectivity index is 1.35. The van der Waals surface area contributed by atoms with Crippen LogP contribution < -0.4 is 15.5 Å². The van der Waals surface area contributed by atoms with Gasteiger partial charge in [-0.1, -0.05) is 6.07 Å². The molecule has 0 radical (unpaired) electrons. The molecule has 33 heavy (non-hydrogen) atoms. The van der Waals surface area contributed by atoms with Gasteiger partial charge in [-0.3, -0.25) is 4.79 Å². The van der Waals surface area contributed by atoms with E-state index in [1.54, 1.807) is 12.1 Å². The molecule has 174 valence electrons. The lowest BCUT2D eigenvalue weighted by Gasteiger charge is -2.34. The monoisotopic (exact) mass is 487 g/mol. The maximum Gasteiger partial charge on any atom is 0.252 e. The van der Waals surface area contributed by atoms with E-state index in [2.05, 4.69) is 25.8 Å². The lowest BCUT2D eigenvalue weighted by molar-refractivity contribution is -0.119. The number of anilines is 3. The Morgan fingerprint density at radius 2 is 1.82 bits per heavy atom. The number of carbonyl (C=O) groups excluding carboxylic acids is 1.